The molecular formula is C20H26O6. The number of aliphatic hydroxyl groups excluding tert-OH is 1. The summed E-state index contributed by atoms with van der Waals surface area (Å²) in [6.07, 6.45) is 2.29. The van der Waals surface area contributed by atoms with E-state index in [1.165, 1.54) is 0 Å². The summed E-state index contributed by atoms with van der Waals surface area (Å²) in [6.45, 7) is 11.0. The molecule has 0 spiro atoms. The van der Waals surface area contributed by atoms with Crippen molar-refractivity contribution in [2.24, 2.45) is 5.92 Å². The van der Waals surface area contributed by atoms with Crippen molar-refractivity contribution in [1.82, 2.24) is 0 Å². The molecule has 2 aliphatic heterocycles. The third-order valence-corrected chi connectivity index (χ3v) is 5.71. The van der Waals surface area contributed by atoms with E-state index in [-0.39, 0.29) is 11.7 Å². The summed E-state index contributed by atoms with van der Waals surface area (Å²) in [6, 6.07) is 0. The first-order chi connectivity index (χ1) is 12.2. The van der Waals surface area contributed by atoms with Gasteiger partial charge in [0.15, 0.2) is 0 Å². The van der Waals surface area contributed by atoms with Gasteiger partial charge in [0.05, 0.1) is 23.7 Å². The number of aliphatic hydroxyl groups is 1. The van der Waals surface area contributed by atoms with Crippen molar-refractivity contribution in [3.05, 3.63) is 35.5 Å². The molecule has 0 saturated carbocycles. The van der Waals surface area contributed by atoms with Crippen LogP contribution in [-0.4, -0.2) is 47.1 Å². The Kier molecular flexibility index (Phi) is 4.84. The number of carbonyl (C=O) groups excluding carboxylic acids is 2. The fourth-order valence-corrected chi connectivity index (χ4v) is 3.70. The summed E-state index contributed by atoms with van der Waals surface area (Å²) in [4.78, 5) is 24.5. The molecule has 3 rings (SSSR count). The molecule has 0 radical (unpaired) electrons. The summed E-state index contributed by atoms with van der Waals surface area (Å²) >= 11 is 0. The van der Waals surface area contributed by atoms with Crippen LogP contribution in [0.15, 0.2) is 35.5 Å². The Balaban J connectivity index is 1.98. The van der Waals surface area contributed by atoms with Gasteiger partial charge in [-0.2, -0.15) is 0 Å². The third kappa shape index (κ3) is 3.35. The van der Waals surface area contributed by atoms with Gasteiger partial charge in [-0.15, -0.1) is 0 Å². The maximum atomic E-state index is 12.4. The fourth-order valence-electron chi connectivity index (χ4n) is 3.70. The Morgan fingerprint density at radius 2 is 2.19 bits per heavy atom. The highest BCUT2D eigenvalue weighted by Gasteiger charge is 2.57. The first kappa shape index (κ1) is 18.9. The van der Waals surface area contributed by atoms with Crippen molar-refractivity contribution in [2.75, 3.05) is 0 Å². The van der Waals surface area contributed by atoms with E-state index >= 15 is 0 Å². The smallest absolute Gasteiger partial charge is 0.334 e. The van der Waals surface area contributed by atoms with Crippen molar-refractivity contribution in [2.45, 2.75) is 70.6 Å². The second-order valence-electron chi connectivity index (χ2n) is 7.62. The van der Waals surface area contributed by atoms with Gasteiger partial charge in [-0.05, 0) is 39.3 Å². The van der Waals surface area contributed by atoms with E-state index in [1.807, 2.05) is 6.92 Å². The van der Waals surface area contributed by atoms with Crippen LogP contribution in [-0.2, 0) is 23.8 Å². The highest BCUT2D eigenvalue weighted by Crippen LogP contribution is 2.47. The molecule has 142 valence electrons. The maximum absolute atomic E-state index is 12.4. The lowest BCUT2D eigenvalue weighted by Crippen LogP contribution is -2.37. The number of allylic oxidation sites excluding steroid dienone is 1. The molecule has 0 bridgehead atoms. The summed E-state index contributed by atoms with van der Waals surface area (Å²) in [5.41, 5.74) is 0.974. The molecular weight excluding hydrogens is 336 g/mol. The Hall–Kier alpha value is -1.92. The Morgan fingerprint density at radius 1 is 1.50 bits per heavy atom. The topological polar surface area (TPSA) is 85.4 Å². The van der Waals surface area contributed by atoms with Gasteiger partial charge in [0.25, 0.3) is 0 Å². The SMILES string of the molecule is C=C1C(=O)O[C@@H]2/C=C(\C)[C@@H](O)C[C@@H]3O[C@]3(C)C[C@@H](OC(=O)/C(C)=C/C)[C@@H]12. The molecule has 6 nitrogen and oxygen atoms in total. The van der Waals surface area contributed by atoms with Crippen LogP contribution >= 0.6 is 0 Å². The molecule has 3 aliphatic rings. The van der Waals surface area contributed by atoms with Crippen LogP contribution in [0.5, 0.6) is 0 Å². The predicted molar refractivity (Wildman–Crippen MR) is 94.1 cm³/mol. The highest BCUT2D eigenvalue weighted by atomic mass is 16.6. The number of hydrogen-bond acceptors (Lipinski definition) is 6. The van der Waals surface area contributed by atoms with Crippen LogP contribution in [0.4, 0.5) is 0 Å². The number of ether oxygens (including phenoxy) is 3. The molecule has 1 aliphatic carbocycles. The van der Waals surface area contributed by atoms with Gasteiger partial charge in [0, 0.05) is 24.0 Å². The molecule has 0 aromatic carbocycles. The monoisotopic (exact) mass is 362 g/mol. The largest absolute Gasteiger partial charge is 0.458 e. The average molecular weight is 362 g/mol. The van der Waals surface area contributed by atoms with Gasteiger partial charge in [-0.1, -0.05) is 12.7 Å². The van der Waals surface area contributed by atoms with E-state index in [0.717, 1.165) is 0 Å². The van der Waals surface area contributed by atoms with Crippen molar-refractivity contribution in [3.63, 3.8) is 0 Å². The molecule has 26 heavy (non-hydrogen) atoms. The zero-order valence-electron chi connectivity index (χ0n) is 15.7. The lowest BCUT2D eigenvalue weighted by Gasteiger charge is -2.29. The van der Waals surface area contributed by atoms with Gasteiger partial charge < -0.3 is 19.3 Å². The minimum atomic E-state index is -0.667. The molecule has 0 aromatic heterocycles. The molecule has 0 amide bonds. The van der Waals surface area contributed by atoms with Crippen LogP contribution in [0, 0.1) is 5.92 Å². The molecule has 2 fully saturated rings. The van der Waals surface area contributed by atoms with E-state index in [2.05, 4.69) is 6.58 Å². The minimum Gasteiger partial charge on any atom is -0.458 e. The highest BCUT2D eigenvalue weighted by molar-refractivity contribution is 5.92. The van der Waals surface area contributed by atoms with Gasteiger partial charge >= 0.3 is 11.9 Å². The molecule has 2 saturated heterocycles. The van der Waals surface area contributed by atoms with Gasteiger partial charge in [-0.3, -0.25) is 0 Å². The van der Waals surface area contributed by atoms with Crippen LogP contribution in [0.1, 0.15) is 40.5 Å². The number of rotatable bonds is 2. The van der Waals surface area contributed by atoms with Crippen LogP contribution in [0.2, 0.25) is 0 Å². The zero-order valence-corrected chi connectivity index (χ0v) is 15.7. The first-order valence-corrected chi connectivity index (χ1v) is 8.94. The number of carbonyl (C=O) groups is 2. The second kappa shape index (κ2) is 6.67. The summed E-state index contributed by atoms with van der Waals surface area (Å²) in [7, 11) is 0. The molecule has 1 N–H and O–H groups in total. The number of hydrogen-bond donors (Lipinski definition) is 1. The van der Waals surface area contributed by atoms with Gasteiger partial charge in [0.2, 0.25) is 0 Å². The summed E-state index contributed by atoms with van der Waals surface area (Å²) < 4.78 is 17.0. The fraction of sp³-hybridized carbons (Fsp3) is 0.600. The van der Waals surface area contributed by atoms with Gasteiger partial charge in [0.1, 0.15) is 12.2 Å². The summed E-state index contributed by atoms with van der Waals surface area (Å²) in [5.74, 6) is -1.43. The molecule has 6 atom stereocenters. The Labute approximate surface area is 153 Å². The van der Waals surface area contributed by atoms with E-state index < -0.39 is 41.8 Å². The second-order valence-corrected chi connectivity index (χ2v) is 7.62. The van der Waals surface area contributed by atoms with Crippen molar-refractivity contribution >= 4 is 11.9 Å². The van der Waals surface area contributed by atoms with Crippen LogP contribution in [0.3, 0.4) is 0 Å². The normalized spacial score (nSPS) is 42.1. The quantitative estimate of drug-likeness (QED) is 0.351. The lowest BCUT2D eigenvalue weighted by molar-refractivity contribution is -0.148. The minimum absolute atomic E-state index is 0.118. The lowest BCUT2D eigenvalue weighted by atomic mass is 9.82. The van der Waals surface area contributed by atoms with E-state index in [9.17, 15) is 14.7 Å². The summed E-state index contributed by atoms with van der Waals surface area (Å²) in [5, 5.41) is 10.4. The van der Waals surface area contributed by atoms with Crippen molar-refractivity contribution in [3.8, 4) is 0 Å². The maximum Gasteiger partial charge on any atom is 0.334 e. The molecule has 6 heteroatoms. The predicted octanol–water partition coefficient (Wildman–Crippen LogP) is 2.22. The van der Waals surface area contributed by atoms with Crippen LogP contribution < -0.4 is 0 Å². The molecule has 0 aromatic rings. The van der Waals surface area contributed by atoms with E-state index in [0.29, 0.717) is 24.0 Å². The number of fused-ring (bicyclic) bond motifs is 2. The van der Waals surface area contributed by atoms with E-state index in [4.69, 9.17) is 14.2 Å². The molecule has 2 heterocycles. The van der Waals surface area contributed by atoms with Crippen molar-refractivity contribution in [1.29, 1.82) is 0 Å². The Morgan fingerprint density at radius 3 is 2.85 bits per heavy atom. The van der Waals surface area contributed by atoms with Crippen LogP contribution in [0.25, 0.3) is 0 Å². The standard InChI is InChI=1S/C20H26O6/c1-6-10(2)18(22)25-15-9-20(5)16(26-20)8-13(21)11(3)7-14-17(15)12(4)19(23)24-14/h6-7,13-17,21H,4,8-9H2,1-3,5H3/b10-6+,11-7+/t13-,14+,15+,16-,17-,20+/m0/s1. The number of esters is 2. The van der Waals surface area contributed by atoms with Gasteiger partial charge in [-0.25, -0.2) is 9.59 Å². The first-order valence-electron chi connectivity index (χ1n) is 8.94. The third-order valence-electron chi connectivity index (χ3n) is 5.71. The number of epoxide rings is 1. The molecule has 0 unspecified atom stereocenters. The Bertz CT molecular complexity index is 705. The van der Waals surface area contributed by atoms with E-state index in [1.54, 1.807) is 32.9 Å². The van der Waals surface area contributed by atoms with Crippen molar-refractivity contribution < 1.29 is 28.9 Å². The zero-order chi connectivity index (χ0) is 19.2. The average Bonchev–Trinajstić information content (AvgIpc) is 3.11.